The van der Waals surface area contributed by atoms with Crippen molar-refractivity contribution >= 4 is 14.0 Å². The molecule has 2 heteroatoms. The van der Waals surface area contributed by atoms with Crippen LogP contribution < -0.4 is 0 Å². The van der Waals surface area contributed by atoms with Crippen molar-refractivity contribution in [3.63, 3.8) is 0 Å². The van der Waals surface area contributed by atoms with Gasteiger partial charge in [0.2, 0.25) is 0 Å². The molecule has 0 aromatic carbocycles. The normalized spacial score (nSPS) is 19.9. The highest BCUT2D eigenvalue weighted by molar-refractivity contribution is 6.62. The van der Waals surface area contributed by atoms with E-state index in [0.29, 0.717) is 10.7 Å². The summed E-state index contributed by atoms with van der Waals surface area (Å²) < 4.78 is 0. The maximum absolute atomic E-state index is 2.67. The fraction of sp³-hybridized carbons (Fsp3) is 1.00. The van der Waals surface area contributed by atoms with Gasteiger partial charge in [0, 0.05) is 0 Å². The monoisotopic (exact) mass is 345 g/mol. The van der Waals surface area contributed by atoms with Gasteiger partial charge >= 0.3 is 0 Å². The minimum absolute atomic E-state index is 0.432. The van der Waals surface area contributed by atoms with E-state index in [1.807, 2.05) is 0 Å². The zero-order chi connectivity index (χ0) is 19.3. The number of hydrogen-bond acceptors (Lipinski definition) is 0. The van der Waals surface area contributed by atoms with Crippen LogP contribution in [0.3, 0.4) is 0 Å². The molecule has 145 valence electrons. The zero-order valence-corrected chi connectivity index (χ0v) is 19.1. The van der Waals surface area contributed by atoms with Crippen molar-refractivity contribution in [2.24, 2.45) is 11.3 Å². The molecule has 0 spiro atoms. The third kappa shape index (κ3) is 7.34. The van der Waals surface area contributed by atoms with E-state index in [1.165, 1.54) is 51.4 Å². The lowest BCUT2D eigenvalue weighted by Gasteiger charge is -2.41. The van der Waals surface area contributed by atoms with Crippen LogP contribution in [0.2, 0.25) is 29.6 Å². The molecule has 1 aliphatic carbocycles. The van der Waals surface area contributed by atoms with Crippen LogP contribution in [0.5, 0.6) is 0 Å². The second kappa shape index (κ2) is 9.89. The highest BCUT2D eigenvalue weighted by Gasteiger charge is 2.38. The number of hydrogen-bond donors (Lipinski definition) is 0. The van der Waals surface area contributed by atoms with E-state index in [9.17, 15) is 0 Å². The molecule has 3 unspecified atom stereocenters. The first-order valence-corrected chi connectivity index (χ1v) is 11.3. The molecule has 3 atom stereocenters. The Labute approximate surface area is 162 Å². The van der Waals surface area contributed by atoms with Crippen molar-refractivity contribution in [1.29, 1.82) is 0 Å². The molecule has 0 N–H and O–H groups in total. The number of rotatable bonds is 12. The SMILES string of the molecule is CCCCC(C)C(C)(C)CC(C)B(C)C(C)(C)CC(C)[B]C1CCC1. The zero-order valence-electron chi connectivity index (χ0n) is 19.1. The average Bonchev–Trinajstić information content (AvgIpc) is 2.46. The van der Waals surface area contributed by atoms with Crippen molar-refractivity contribution in [2.75, 3.05) is 0 Å². The maximum Gasteiger partial charge on any atom is 0.145 e. The molecule has 1 saturated carbocycles. The fourth-order valence-electron chi connectivity index (χ4n) is 5.06. The van der Waals surface area contributed by atoms with Crippen LogP contribution in [0.25, 0.3) is 0 Å². The van der Waals surface area contributed by atoms with Crippen LogP contribution in [0.1, 0.15) is 107 Å². The van der Waals surface area contributed by atoms with Gasteiger partial charge in [-0.2, -0.15) is 0 Å². The van der Waals surface area contributed by atoms with Crippen LogP contribution in [0.15, 0.2) is 0 Å². The van der Waals surface area contributed by atoms with Crippen LogP contribution in [0, 0.1) is 11.3 Å². The maximum atomic E-state index is 2.67. The molecule has 0 aromatic heterocycles. The molecule has 0 amide bonds. The average molecular weight is 345 g/mol. The molecular formula is C23H47B2. The molecule has 0 aromatic rings. The van der Waals surface area contributed by atoms with E-state index >= 15 is 0 Å². The minimum atomic E-state index is 0.432. The Kier molecular flexibility index (Phi) is 9.17. The first-order chi connectivity index (χ1) is 11.5. The van der Waals surface area contributed by atoms with Gasteiger partial charge in [-0.1, -0.05) is 136 Å². The van der Waals surface area contributed by atoms with Gasteiger partial charge in [-0.25, -0.2) is 0 Å². The third-order valence-electron chi connectivity index (χ3n) is 7.86. The van der Waals surface area contributed by atoms with Crippen molar-refractivity contribution in [3.8, 4) is 0 Å². The molecule has 0 aliphatic heterocycles. The van der Waals surface area contributed by atoms with Gasteiger partial charge in [-0.3, -0.25) is 0 Å². The van der Waals surface area contributed by atoms with Gasteiger partial charge in [-0.15, -0.1) is 0 Å². The highest BCUT2D eigenvalue weighted by Crippen LogP contribution is 2.48. The largest absolute Gasteiger partial charge is 0.145 e. The van der Waals surface area contributed by atoms with Gasteiger partial charge in [-0.05, 0) is 11.3 Å². The smallest absolute Gasteiger partial charge is 0.0854 e. The first kappa shape index (κ1) is 23.2. The lowest BCUT2D eigenvalue weighted by molar-refractivity contribution is 0.193. The van der Waals surface area contributed by atoms with Crippen LogP contribution in [-0.2, 0) is 0 Å². The summed E-state index contributed by atoms with van der Waals surface area (Å²) in [6.07, 6.45) is 11.2. The predicted octanol–water partition coefficient (Wildman–Crippen LogP) is 8.40. The molecule has 0 nitrogen and oxygen atoms in total. The lowest BCUT2D eigenvalue weighted by Crippen LogP contribution is -2.34. The van der Waals surface area contributed by atoms with E-state index in [0.717, 1.165) is 30.1 Å². The highest BCUT2D eigenvalue weighted by atomic mass is 14.3. The molecule has 0 bridgehead atoms. The minimum Gasteiger partial charge on any atom is -0.0854 e. The summed E-state index contributed by atoms with van der Waals surface area (Å²) in [6.45, 7) is 23.1. The summed E-state index contributed by atoms with van der Waals surface area (Å²) in [5.74, 6) is 3.32. The van der Waals surface area contributed by atoms with Gasteiger partial charge in [0.25, 0.3) is 0 Å². The van der Waals surface area contributed by atoms with Crippen LogP contribution >= 0.6 is 0 Å². The molecule has 1 rings (SSSR count). The summed E-state index contributed by atoms with van der Waals surface area (Å²) in [4.78, 5) is 0. The van der Waals surface area contributed by atoms with Crippen molar-refractivity contribution in [3.05, 3.63) is 0 Å². The first-order valence-electron chi connectivity index (χ1n) is 11.3. The Morgan fingerprint density at radius 3 is 2.12 bits per heavy atom. The molecule has 1 radical (unpaired) electrons. The Balaban J connectivity index is 2.54. The van der Waals surface area contributed by atoms with Crippen molar-refractivity contribution < 1.29 is 0 Å². The van der Waals surface area contributed by atoms with Gasteiger partial charge in [0.15, 0.2) is 0 Å². The topological polar surface area (TPSA) is 0 Å². The summed E-state index contributed by atoms with van der Waals surface area (Å²) in [7, 11) is 2.67. The lowest BCUT2D eigenvalue weighted by atomic mass is 9.27. The quantitative estimate of drug-likeness (QED) is 0.311. The second-order valence-corrected chi connectivity index (χ2v) is 11.1. The molecule has 0 heterocycles. The summed E-state index contributed by atoms with van der Waals surface area (Å²) in [5.41, 5.74) is 0.461. The van der Waals surface area contributed by atoms with E-state index in [2.05, 4.69) is 69.5 Å². The van der Waals surface area contributed by atoms with Crippen molar-refractivity contribution in [2.45, 2.75) is 136 Å². The van der Waals surface area contributed by atoms with Gasteiger partial charge in [0.1, 0.15) is 14.0 Å². The molecule has 1 aliphatic rings. The second-order valence-electron chi connectivity index (χ2n) is 11.1. The molecular weight excluding hydrogens is 298 g/mol. The van der Waals surface area contributed by atoms with E-state index in [-0.39, 0.29) is 0 Å². The van der Waals surface area contributed by atoms with E-state index < -0.39 is 0 Å². The third-order valence-corrected chi connectivity index (χ3v) is 7.86. The summed E-state index contributed by atoms with van der Waals surface area (Å²) in [6, 6.07) is 0. The Bertz CT molecular complexity index is 370. The molecule has 1 fully saturated rings. The van der Waals surface area contributed by atoms with Crippen molar-refractivity contribution in [1.82, 2.24) is 0 Å². The van der Waals surface area contributed by atoms with Crippen LogP contribution in [-0.4, -0.2) is 14.0 Å². The Morgan fingerprint density at radius 2 is 1.64 bits per heavy atom. The predicted molar refractivity (Wildman–Crippen MR) is 120 cm³/mol. The van der Waals surface area contributed by atoms with E-state index in [4.69, 9.17) is 0 Å². The molecule has 25 heavy (non-hydrogen) atoms. The molecule has 0 saturated heterocycles. The summed E-state index contributed by atoms with van der Waals surface area (Å²) >= 11 is 0. The van der Waals surface area contributed by atoms with Gasteiger partial charge < -0.3 is 0 Å². The summed E-state index contributed by atoms with van der Waals surface area (Å²) in [5, 5.41) is 0.432. The number of unbranched alkanes of at least 4 members (excludes halogenated alkanes) is 1. The Hall–Kier alpha value is 0.130. The fourth-order valence-corrected chi connectivity index (χ4v) is 5.06. The van der Waals surface area contributed by atoms with Crippen LogP contribution in [0.4, 0.5) is 0 Å². The Morgan fingerprint density at radius 1 is 1.04 bits per heavy atom. The standard InChI is InChI=1S/C23H47B2/c1-10-11-13-18(2)22(5,6)17-20(4)25(9)23(7,8)16-19(3)24-21-14-12-15-21/h18-21H,10-17H2,1-9H3. The van der Waals surface area contributed by atoms with E-state index in [1.54, 1.807) is 0 Å². The van der Waals surface area contributed by atoms with Gasteiger partial charge in [0.05, 0.1) is 0 Å².